The number of halogens is 3. The molecular formula is C12H14BrCl2NO3S. The molecular weight excluding hydrogens is 389 g/mol. The largest absolute Gasteiger partial charge is 0.381 e. The third-order valence-corrected chi connectivity index (χ3v) is 6.31. The molecule has 4 nitrogen and oxygen atoms in total. The van der Waals surface area contributed by atoms with Crippen LogP contribution in [-0.4, -0.2) is 33.1 Å². The maximum Gasteiger partial charge on any atom is 0.242 e. The molecule has 1 aromatic rings. The van der Waals surface area contributed by atoms with Crippen LogP contribution >= 0.6 is 39.1 Å². The van der Waals surface area contributed by atoms with E-state index in [1.165, 1.54) is 6.07 Å². The average Bonchev–Trinajstić information content (AvgIpc) is 2.38. The molecule has 1 N–H and O–H groups in total. The summed E-state index contributed by atoms with van der Waals surface area (Å²) < 4.78 is 33.7. The van der Waals surface area contributed by atoms with E-state index in [4.69, 9.17) is 27.9 Å². The van der Waals surface area contributed by atoms with Crippen molar-refractivity contribution in [2.75, 3.05) is 19.1 Å². The highest BCUT2D eigenvalue weighted by molar-refractivity contribution is 9.10. The predicted octanol–water partition coefficient (Wildman–Crippen LogP) is 3.17. The highest BCUT2D eigenvalue weighted by atomic mass is 79.9. The molecule has 0 aromatic heterocycles. The van der Waals surface area contributed by atoms with E-state index in [0.29, 0.717) is 26.1 Å². The van der Waals surface area contributed by atoms with Crippen molar-refractivity contribution < 1.29 is 13.2 Å². The number of alkyl halides is 1. The predicted molar refractivity (Wildman–Crippen MR) is 83.0 cm³/mol. The second-order valence-corrected chi connectivity index (χ2v) is 7.95. The Labute approximate surface area is 137 Å². The lowest BCUT2D eigenvalue weighted by Crippen LogP contribution is -2.53. The number of rotatable bonds is 4. The van der Waals surface area contributed by atoms with Crippen LogP contribution in [-0.2, 0) is 14.8 Å². The van der Waals surface area contributed by atoms with Gasteiger partial charge in [-0.3, -0.25) is 0 Å². The van der Waals surface area contributed by atoms with Crippen molar-refractivity contribution in [3.05, 3.63) is 27.7 Å². The number of nitrogens with one attached hydrogen (secondary N) is 1. The Hall–Kier alpha value is 0.150. The van der Waals surface area contributed by atoms with E-state index >= 15 is 0 Å². The Morgan fingerprint density at radius 3 is 2.55 bits per heavy atom. The third kappa shape index (κ3) is 3.67. The van der Waals surface area contributed by atoms with Gasteiger partial charge in [0, 0.05) is 23.6 Å². The van der Waals surface area contributed by atoms with Crippen molar-refractivity contribution >= 4 is 49.2 Å². The van der Waals surface area contributed by atoms with Gasteiger partial charge in [-0.2, -0.15) is 0 Å². The van der Waals surface area contributed by atoms with Gasteiger partial charge in [0.05, 0.1) is 10.6 Å². The van der Waals surface area contributed by atoms with Gasteiger partial charge in [0.25, 0.3) is 0 Å². The Morgan fingerprint density at radius 1 is 1.35 bits per heavy atom. The lowest BCUT2D eigenvalue weighted by atomic mass is 9.94. The molecule has 0 radical (unpaired) electrons. The number of hydrogen-bond donors (Lipinski definition) is 1. The number of sulfonamides is 1. The van der Waals surface area contributed by atoms with Crippen molar-refractivity contribution in [1.29, 1.82) is 0 Å². The number of hydrogen-bond acceptors (Lipinski definition) is 3. The Morgan fingerprint density at radius 2 is 2.00 bits per heavy atom. The molecule has 0 atom stereocenters. The molecule has 1 fully saturated rings. The van der Waals surface area contributed by atoms with Crippen molar-refractivity contribution in [3.63, 3.8) is 0 Å². The molecule has 2 rings (SSSR count). The van der Waals surface area contributed by atoms with Crippen molar-refractivity contribution in [1.82, 2.24) is 4.72 Å². The standard InChI is InChI=1S/C12H14BrCl2NO3S/c13-9-1-2-11(10(15)7-9)20(17,18)16-12(8-14)3-5-19-6-4-12/h1-2,7,16H,3-6,8H2. The zero-order valence-electron chi connectivity index (χ0n) is 10.5. The van der Waals surface area contributed by atoms with Gasteiger partial charge in [-0.05, 0) is 31.0 Å². The fourth-order valence-corrected chi connectivity index (χ4v) is 4.97. The van der Waals surface area contributed by atoms with Crippen LogP contribution in [0.3, 0.4) is 0 Å². The molecule has 1 aliphatic rings. The van der Waals surface area contributed by atoms with Crippen LogP contribution in [0.25, 0.3) is 0 Å². The van der Waals surface area contributed by atoms with E-state index in [1.807, 2.05) is 0 Å². The van der Waals surface area contributed by atoms with Gasteiger partial charge in [0.1, 0.15) is 4.90 Å². The van der Waals surface area contributed by atoms with Crippen LogP contribution in [0.5, 0.6) is 0 Å². The number of ether oxygens (including phenoxy) is 1. The summed E-state index contributed by atoms with van der Waals surface area (Å²) >= 11 is 15.2. The Bertz CT molecular complexity index is 588. The second-order valence-electron chi connectivity index (χ2n) is 4.71. The van der Waals surface area contributed by atoms with E-state index in [0.717, 1.165) is 4.47 Å². The fourth-order valence-electron chi connectivity index (χ4n) is 2.06. The van der Waals surface area contributed by atoms with Crippen LogP contribution in [0.1, 0.15) is 12.8 Å². The Kier molecular flexibility index (Phi) is 5.37. The first-order valence-corrected chi connectivity index (χ1v) is 9.20. The van der Waals surface area contributed by atoms with Gasteiger partial charge in [-0.1, -0.05) is 27.5 Å². The molecule has 1 aromatic carbocycles. The van der Waals surface area contributed by atoms with Crippen molar-refractivity contribution in [2.24, 2.45) is 0 Å². The molecule has 1 aliphatic heterocycles. The van der Waals surface area contributed by atoms with Crippen molar-refractivity contribution in [3.8, 4) is 0 Å². The van der Waals surface area contributed by atoms with Gasteiger partial charge in [0.2, 0.25) is 10.0 Å². The summed E-state index contributed by atoms with van der Waals surface area (Å²) in [5, 5.41) is 0.170. The van der Waals surface area contributed by atoms with Gasteiger partial charge in [0.15, 0.2) is 0 Å². The molecule has 0 amide bonds. The summed E-state index contributed by atoms with van der Waals surface area (Å²) in [6, 6.07) is 4.65. The average molecular weight is 403 g/mol. The first-order chi connectivity index (χ1) is 9.38. The maximum absolute atomic E-state index is 12.5. The molecule has 8 heteroatoms. The smallest absolute Gasteiger partial charge is 0.242 e. The topological polar surface area (TPSA) is 55.4 Å². The molecule has 0 bridgehead atoms. The first-order valence-electron chi connectivity index (χ1n) is 6.01. The summed E-state index contributed by atoms with van der Waals surface area (Å²) in [4.78, 5) is 0.0540. The van der Waals surface area contributed by atoms with Crippen molar-refractivity contribution in [2.45, 2.75) is 23.3 Å². The summed E-state index contributed by atoms with van der Waals surface area (Å²) in [6.45, 7) is 0.979. The second kappa shape index (κ2) is 6.50. The zero-order chi connectivity index (χ0) is 14.8. The zero-order valence-corrected chi connectivity index (χ0v) is 14.4. The fraction of sp³-hybridized carbons (Fsp3) is 0.500. The quantitative estimate of drug-likeness (QED) is 0.787. The van der Waals surface area contributed by atoms with Gasteiger partial charge in [-0.15, -0.1) is 11.6 Å². The summed E-state index contributed by atoms with van der Waals surface area (Å²) in [5.41, 5.74) is -0.672. The van der Waals surface area contributed by atoms with E-state index in [-0.39, 0.29) is 15.8 Å². The lowest BCUT2D eigenvalue weighted by Gasteiger charge is -2.35. The Balaban J connectivity index is 2.30. The highest BCUT2D eigenvalue weighted by Gasteiger charge is 2.36. The maximum atomic E-state index is 12.5. The molecule has 112 valence electrons. The normalized spacial score (nSPS) is 18.9. The number of benzene rings is 1. The molecule has 0 saturated carbocycles. The molecule has 20 heavy (non-hydrogen) atoms. The van der Waals surface area contributed by atoms with Crippen LogP contribution in [0.4, 0.5) is 0 Å². The van der Waals surface area contributed by atoms with E-state index in [9.17, 15) is 8.42 Å². The van der Waals surface area contributed by atoms with Gasteiger partial charge in [-0.25, -0.2) is 13.1 Å². The lowest BCUT2D eigenvalue weighted by molar-refractivity contribution is 0.0549. The van der Waals surface area contributed by atoms with Crippen LogP contribution < -0.4 is 4.72 Å². The first kappa shape index (κ1) is 16.5. The van der Waals surface area contributed by atoms with E-state index < -0.39 is 15.6 Å². The van der Waals surface area contributed by atoms with Crippen LogP contribution in [0.15, 0.2) is 27.6 Å². The summed E-state index contributed by atoms with van der Waals surface area (Å²) in [5.74, 6) is 0.198. The van der Waals surface area contributed by atoms with Gasteiger partial charge >= 0.3 is 0 Å². The summed E-state index contributed by atoms with van der Waals surface area (Å²) in [6.07, 6.45) is 1.09. The minimum absolute atomic E-state index is 0.0540. The molecule has 1 saturated heterocycles. The SMILES string of the molecule is O=S(=O)(NC1(CCl)CCOCC1)c1ccc(Br)cc1Cl. The van der Waals surface area contributed by atoms with Crippen LogP contribution in [0, 0.1) is 0 Å². The van der Waals surface area contributed by atoms with E-state index in [2.05, 4.69) is 20.7 Å². The minimum atomic E-state index is -3.72. The van der Waals surface area contributed by atoms with Gasteiger partial charge < -0.3 is 4.74 Å². The van der Waals surface area contributed by atoms with E-state index in [1.54, 1.807) is 12.1 Å². The molecule has 1 heterocycles. The minimum Gasteiger partial charge on any atom is -0.381 e. The molecule has 0 spiro atoms. The monoisotopic (exact) mass is 401 g/mol. The molecule has 0 unspecified atom stereocenters. The molecule has 0 aliphatic carbocycles. The highest BCUT2D eigenvalue weighted by Crippen LogP contribution is 2.29. The third-order valence-electron chi connectivity index (χ3n) is 3.24. The van der Waals surface area contributed by atoms with Crippen LogP contribution in [0.2, 0.25) is 5.02 Å². The summed E-state index contributed by atoms with van der Waals surface area (Å²) in [7, 11) is -3.72.